The maximum absolute atomic E-state index is 13.0. The molecule has 0 aliphatic carbocycles. The molecule has 0 unspecified atom stereocenters. The zero-order chi connectivity index (χ0) is 27.4. The van der Waals surface area contributed by atoms with Crippen LogP contribution in [0.3, 0.4) is 0 Å². The maximum atomic E-state index is 13.0. The summed E-state index contributed by atoms with van der Waals surface area (Å²) in [5.41, 5.74) is 1.54. The minimum absolute atomic E-state index is 0.194. The van der Waals surface area contributed by atoms with Crippen molar-refractivity contribution < 1.29 is 16.8 Å². The van der Waals surface area contributed by atoms with Crippen molar-refractivity contribution in [3.8, 4) is 0 Å². The molecule has 36 heavy (non-hydrogen) atoms. The quantitative estimate of drug-likeness (QED) is 0.272. The number of hydrogen-bond donors (Lipinski definition) is 2. The molecule has 0 saturated heterocycles. The van der Waals surface area contributed by atoms with Gasteiger partial charge in [-0.2, -0.15) is 0 Å². The summed E-state index contributed by atoms with van der Waals surface area (Å²) in [5.74, 6) is 0. The molecule has 202 valence electrons. The van der Waals surface area contributed by atoms with Gasteiger partial charge in [0.2, 0.25) is 0 Å². The SMILES string of the molecule is Cc1ccc(S(=O)(=O)N[C@H](C[Se][Se]C[C@@H](NS(=O)(=O)c2ccc(C)cc2)C(C)(C)C)C(C)(C)C)cc1. The van der Waals surface area contributed by atoms with Gasteiger partial charge >= 0.3 is 231 Å². The first-order valence-corrected chi connectivity index (χ1v) is 21.6. The minimum atomic E-state index is -3.62. The molecule has 0 amide bonds. The van der Waals surface area contributed by atoms with Crippen LogP contribution in [0.1, 0.15) is 52.7 Å². The van der Waals surface area contributed by atoms with E-state index in [2.05, 4.69) is 9.44 Å². The first-order chi connectivity index (χ1) is 16.4. The third kappa shape index (κ3) is 9.55. The average molecular weight is 667 g/mol. The molecular weight excluding hydrogens is 626 g/mol. The first kappa shape index (κ1) is 31.5. The molecule has 2 N–H and O–H groups in total. The number of hydrogen-bond acceptors (Lipinski definition) is 4. The number of benzene rings is 2. The van der Waals surface area contributed by atoms with Crippen LogP contribution in [0.2, 0.25) is 10.6 Å². The van der Waals surface area contributed by atoms with Crippen LogP contribution in [0.25, 0.3) is 0 Å². The number of nitrogens with one attached hydrogen (secondary N) is 2. The van der Waals surface area contributed by atoms with Crippen molar-refractivity contribution in [3.63, 3.8) is 0 Å². The van der Waals surface area contributed by atoms with Gasteiger partial charge in [0.25, 0.3) is 0 Å². The van der Waals surface area contributed by atoms with E-state index in [1.807, 2.05) is 55.4 Å². The summed E-state index contributed by atoms with van der Waals surface area (Å²) in [7, 11) is -7.24. The van der Waals surface area contributed by atoms with E-state index < -0.39 is 20.0 Å². The molecule has 0 aliphatic heterocycles. The van der Waals surface area contributed by atoms with Gasteiger partial charge in [0.1, 0.15) is 0 Å². The summed E-state index contributed by atoms with van der Waals surface area (Å²) in [4.78, 5) is 0.553. The standard InChI is InChI=1S/C26H40N2O4S2Se2/c1-19-9-13-21(14-10-19)33(29,30)27-23(25(3,4)5)17-35-36-18-24(26(6,7)8)28-34(31,32)22-15-11-20(2)12-16-22/h9-16,23-24,27-28H,17-18H2,1-8H3/t23-,24-/m1/s1. The third-order valence-electron chi connectivity index (χ3n) is 5.90. The van der Waals surface area contributed by atoms with Crippen molar-refractivity contribution >= 4 is 46.3 Å². The molecule has 6 nitrogen and oxygen atoms in total. The molecule has 0 heterocycles. The Morgan fingerprint density at radius 2 is 0.889 bits per heavy atom. The second-order valence-electron chi connectivity index (χ2n) is 11.3. The van der Waals surface area contributed by atoms with E-state index in [4.69, 9.17) is 0 Å². The Labute approximate surface area is 229 Å². The van der Waals surface area contributed by atoms with Crippen molar-refractivity contribution in [3.05, 3.63) is 59.7 Å². The van der Waals surface area contributed by atoms with Gasteiger partial charge in [-0.05, 0) is 0 Å². The Bertz CT molecular complexity index is 1100. The van der Waals surface area contributed by atoms with Crippen molar-refractivity contribution in [2.75, 3.05) is 0 Å². The van der Waals surface area contributed by atoms with E-state index in [1.54, 1.807) is 48.5 Å². The van der Waals surface area contributed by atoms with Crippen molar-refractivity contribution in [2.24, 2.45) is 10.8 Å². The molecule has 2 rings (SSSR count). The second-order valence-corrected chi connectivity index (χ2v) is 22.2. The summed E-state index contributed by atoms with van der Waals surface area (Å²) in [5, 5.41) is 1.51. The summed E-state index contributed by atoms with van der Waals surface area (Å²) < 4.78 is 57.9. The van der Waals surface area contributed by atoms with E-state index in [9.17, 15) is 16.8 Å². The van der Waals surface area contributed by atoms with Crippen LogP contribution in [-0.4, -0.2) is 55.2 Å². The van der Waals surface area contributed by atoms with Crippen molar-refractivity contribution in [1.29, 1.82) is 0 Å². The monoisotopic (exact) mass is 668 g/mol. The number of rotatable bonds is 11. The molecule has 10 heteroatoms. The van der Waals surface area contributed by atoms with Crippen LogP contribution < -0.4 is 9.44 Å². The Balaban J connectivity index is 2.05. The van der Waals surface area contributed by atoms with Crippen LogP contribution in [0.4, 0.5) is 0 Å². The van der Waals surface area contributed by atoms with Crippen LogP contribution in [0.15, 0.2) is 58.3 Å². The van der Waals surface area contributed by atoms with Crippen LogP contribution in [-0.2, 0) is 20.0 Å². The van der Waals surface area contributed by atoms with E-state index in [0.29, 0.717) is 0 Å². The van der Waals surface area contributed by atoms with Gasteiger partial charge in [0.15, 0.2) is 0 Å². The van der Waals surface area contributed by atoms with Crippen LogP contribution >= 0.6 is 0 Å². The Morgan fingerprint density at radius 1 is 0.611 bits per heavy atom. The molecule has 0 fully saturated rings. The molecule has 0 bridgehead atoms. The number of sulfonamides is 2. The van der Waals surface area contributed by atoms with Gasteiger partial charge in [0, 0.05) is 0 Å². The van der Waals surface area contributed by atoms with E-state index >= 15 is 0 Å². The molecule has 0 spiro atoms. The van der Waals surface area contributed by atoms with Gasteiger partial charge in [-0.1, -0.05) is 0 Å². The Kier molecular flexibility index (Phi) is 10.9. The van der Waals surface area contributed by atoms with Gasteiger partial charge < -0.3 is 0 Å². The number of aryl methyl sites for hydroxylation is 2. The van der Waals surface area contributed by atoms with Crippen LogP contribution in [0.5, 0.6) is 0 Å². The molecule has 0 saturated carbocycles. The predicted molar refractivity (Wildman–Crippen MR) is 151 cm³/mol. The van der Waals surface area contributed by atoms with Crippen LogP contribution in [0, 0.1) is 24.7 Å². The van der Waals surface area contributed by atoms with Crippen molar-refractivity contribution in [1.82, 2.24) is 9.44 Å². The van der Waals surface area contributed by atoms with Gasteiger partial charge in [-0.25, -0.2) is 0 Å². The summed E-state index contributed by atoms with van der Waals surface area (Å²) in [6, 6.07) is 13.4. The van der Waals surface area contributed by atoms with E-state index in [-0.39, 0.29) is 59.0 Å². The van der Waals surface area contributed by atoms with Gasteiger partial charge in [-0.15, -0.1) is 0 Å². The average Bonchev–Trinajstić information content (AvgIpc) is 2.74. The predicted octanol–water partition coefficient (Wildman–Crippen LogP) is 4.55. The fourth-order valence-corrected chi connectivity index (χ4v) is 14.9. The fourth-order valence-electron chi connectivity index (χ4n) is 3.10. The van der Waals surface area contributed by atoms with E-state index in [0.717, 1.165) is 21.8 Å². The molecule has 0 aliphatic rings. The molecular formula is C26H40N2O4S2Se2. The fraction of sp³-hybridized carbons (Fsp3) is 0.538. The van der Waals surface area contributed by atoms with Crippen molar-refractivity contribution in [2.45, 2.75) is 87.9 Å². The zero-order valence-corrected chi connectivity index (χ0v) is 27.5. The van der Waals surface area contributed by atoms with E-state index in [1.165, 1.54) is 0 Å². The molecule has 0 aromatic heterocycles. The third-order valence-corrected chi connectivity index (χ3v) is 16.0. The Hall–Kier alpha value is -0.701. The van der Waals surface area contributed by atoms with Gasteiger partial charge in [-0.3, -0.25) is 0 Å². The van der Waals surface area contributed by atoms with Gasteiger partial charge in [0.05, 0.1) is 0 Å². The molecule has 2 aromatic rings. The topological polar surface area (TPSA) is 92.3 Å². The molecule has 2 aromatic carbocycles. The normalized spacial score (nSPS) is 15.0. The molecule has 2 atom stereocenters. The molecule has 0 radical (unpaired) electrons. The zero-order valence-electron chi connectivity index (χ0n) is 22.5. The summed E-state index contributed by atoms with van der Waals surface area (Å²) in [6.45, 7) is 16.1. The Morgan fingerprint density at radius 3 is 1.14 bits per heavy atom. The first-order valence-electron chi connectivity index (χ1n) is 11.8. The second kappa shape index (κ2) is 12.4. The summed E-state index contributed by atoms with van der Waals surface area (Å²) >= 11 is 0.388. The summed E-state index contributed by atoms with van der Waals surface area (Å²) in [6.07, 6.45) is 0.